The predicted molar refractivity (Wildman–Crippen MR) is 70.6 cm³/mol. The van der Waals surface area contributed by atoms with Crippen LogP contribution in [0.5, 0.6) is 5.88 Å². The standard InChI is InChI=1S/C14H23N3O/c1-9-12(14(18-3)17(2)16-9)8-15-13(10-4-5-10)11-6-7-11/h10-11,13,15H,4-8H2,1-3H3. The molecule has 0 atom stereocenters. The van der Waals surface area contributed by atoms with Crippen molar-refractivity contribution >= 4 is 0 Å². The number of nitrogens with zero attached hydrogens (tertiary/aromatic N) is 2. The van der Waals surface area contributed by atoms with E-state index in [4.69, 9.17) is 4.74 Å². The topological polar surface area (TPSA) is 39.1 Å². The Hall–Kier alpha value is -1.03. The van der Waals surface area contributed by atoms with Gasteiger partial charge in [0.05, 0.1) is 18.4 Å². The zero-order valence-electron chi connectivity index (χ0n) is 11.6. The molecule has 0 bridgehead atoms. The minimum absolute atomic E-state index is 0.731. The zero-order valence-corrected chi connectivity index (χ0v) is 11.6. The summed E-state index contributed by atoms with van der Waals surface area (Å²) < 4.78 is 7.27. The Morgan fingerprint density at radius 2 is 1.94 bits per heavy atom. The van der Waals surface area contributed by atoms with Crippen LogP contribution in [0.3, 0.4) is 0 Å². The lowest BCUT2D eigenvalue weighted by Gasteiger charge is -2.17. The van der Waals surface area contributed by atoms with Gasteiger partial charge in [0.2, 0.25) is 5.88 Å². The number of hydrogen-bond donors (Lipinski definition) is 1. The molecule has 0 unspecified atom stereocenters. The van der Waals surface area contributed by atoms with Crippen LogP contribution in [0.2, 0.25) is 0 Å². The van der Waals surface area contributed by atoms with Gasteiger partial charge in [0.1, 0.15) is 0 Å². The molecule has 2 aliphatic rings. The maximum absolute atomic E-state index is 5.44. The molecule has 4 heteroatoms. The van der Waals surface area contributed by atoms with E-state index in [1.165, 1.54) is 31.2 Å². The largest absolute Gasteiger partial charge is 0.481 e. The smallest absolute Gasteiger partial charge is 0.216 e. The molecular formula is C14H23N3O. The highest BCUT2D eigenvalue weighted by Gasteiger charge is 2.41. The molecule has 0 aromatic carbocycles. The van der Waals surface area contributed by atoms with Crippen molar-refractivity contribution in [3.8, 4) is 5.88 Å². The van der Waals surface area contributed by atoms with Gasteiger partial charge in [-0.15, -0.1) is 0 Å². The summed E-state index contributed by atoms with van der Waals surface area (Å²) in [5, 5.41) is 8.19. The first kappa shape index (κ1) is 12.0. The molecule has 2 aliphatic carbocycles. The van der Waals surface area contributed by atoms with Crippen LogP contribution in [0.4, 0.5) is 0 Å². The van der Waals surface area contributed by atoms with Gasteiger partial charge in [-0.3, -0.25) is 0 Å². The molecule has 1 heterocycles. The number of ether oxygens (including phenoxy) is 1. The van der Waals surface area contributed by atoms with E-state index in [0.29, 0.717) is 0 Å². The second-order valence-corrected chi connectivity index (χ2v) is 5.78. The Morgan fingerprint density at radius 1 is 1.33 bits per heavy atom. The molecular weight excluding hydrogens is 226 g/mol. The first-order valence-corrected chi connectivity index (χ1v) is 7.00. The van der Waals surface area contributed by atoms with Crippen LogP contribution < -0.4 is 10.1 Å². The third kappa shape index (κ3) is 2.26. The second-order valence-electron chi connectivity index (χ2n) is 5.78. The summed E-state index contributed by atoms with van der Waals surface area (Å²) in [4.78, 5) is 0. The van der Waals surface area contributed by atoms with Crippen LogP contribution in [0.1, 0.15) is 36.9 Å². The van der Waals surface area contributed by atoms with Crippen LogP contribution in [0.25, 0.3) is 0 Å². The Labute approximate surface area is 109 Å². The normalized spacial score (nSPS) is 19.6. The van der Waals surface area contributed by atoms with E-state index in [1.807, 2.05) is 11.7 Å². The van der Waals surface area contributed by atoms with Crippen molar-refractivity contribution in [2.45, 2.75) is 45.2 Å². The molecule has 18 heavy (non-hydrogen) atoms. The Bertz CT molecular complexity index is 420. The van der Waals surface area contributed by atoms with Crippen LogP contribution in [0.15, 0.2) is 0 Å². The van der Waals surface area contributed by atoms with Gasteiger partial charge >= 0.3 is 0 Å². The highest BCUT2D eigenvalue weighted by molar-refractivity contribution is 5.30. The molecule has 100 valence electrons. The van der Waals surface area contributed by atoms with E-state index in [0.717, 1.165) is 36.0 Å². The highest BCUT2D eigenvalue weighted by atomic mass is 16.5. The number of methoxy groups -OCH3 is 1. The van der Waals surface area contributed by atoms with Gasteiger partial charge in [0, 0.05) is 19.6 Å². The van der Waals surface area contributed by atoms with E-state index in [-0.39, 0.29) is 0 Å². The maximum atomic E-state index is 5.44. The third-order valence-corrected chi connectivity index (χ3v) is 4.26. The van der Waals surface area contributed by atoms with Crippen LogP contribution >= 0.6 is 0 Å². The minimum atomic E-state index is 0.731. The minimum Gasteiger partial charge on any atom is -0.481 e. The summed E-state index contributed by atoms with van der Waals surface area (Å²) in [5.41, 5.74) is 2.29. The maximum Gasteiger partial charge on any atom is 0.216 e. The van der Waals surface area contributed by atoms with E-state index >= 15 is 0 Å². The second kappa shape index (κ2) is 4.57. The monoisotopic (exact) mass is 249 g/mol. The highest BCUT2D eigenvalue weighted by Crippen LogP contribution is 2.44. The summed E-state index contributed by atoms with van der Waals surface area (Å²) in [7, 11) is 3.66. The molecule has 0 aliphatic heterocycles. The molecule has 1 aromatic rings. The lowest BCUT2D eigenvalue weighted by atomic mass is 10.1. The van der Waals surface area contributed by atoms with Crippen molar-refractivity contribution in [1.29, 1.82) is 0 Å². The predicted octanol–water partition coefficient (Wildman–Crippen LogP) is 2.02. The number of aromatic nitrogens is 2. The van der Waals surface area contributed by atoms with E-state index in [1.54, 1.807) is 7.11 Å². The molecule has 3 rings (SSSR count). The SMILES string of the molecule is COc1c(CNC(C2CC2)C2CC2)c(C)nn1C. The summed E-state index contributed by atoms with van der Waals surface area (Å²) in [5.74, 6) is 2.76. The fourth-order valence-corrected chi connectivity index (χ4v) is 2.99. The first-order valence-electron chi connectivity index (χ1n) is 7.00. The number of nitrogens with one attached hydrogen (secondary N) is 1. The molecule has 2 fully saturated rings. The van der Waals surface area contributed by atoms with E-state index in [2.05, 4.69) is 17.3 Å². The molecule has 1 N–H and O–H groups in total. The van der Waals surface area contributed by atoms with Gasteiger partial charge in [-0.05, 0) is 44.4 Å². The third-order valence-electron chi connectivity index (χ3n) is 4.26. The Balaban J connectivity index is 1.68. The van der Waals surface area contributed by atoms with Crippen molar-refractivity contribution in [2.24, 2.45) is 18.9 Å². The van der Waals surface area contributed by atoms with E-state index in [9.17, 15) is 0 Å². The van der Waals surface area contributed by atoms with Gasteiger partial charge in [-0.2, -0.15) is 5.10 Å². The quantitative estimate of drug-likeness (QED) is 0.838. The lowest BCUT2D eigenvalue weighted by Crippen LogP contribution is -2.32. The van der Waals surface area contributed by atoms with Crippen molar-refractivity contribution < 1.29 is 4.74 Å². The van der Waals surface area contributed by atoms with Gasteiger partial charge in [0.25, 0.3) is 0 Å². The van der Waals surface area contributed by atoms with E-state index < -0.39 is 0 Å². The lowest BCUT2D eigenvalue weighted by molar-refractivity contribution is 0.362. The molecule has 0 radical (unpaired) electrons. The molecule has 4 nitrogen and oxygen atoms in total. The van der Waals surface area contributed by atoms with Crippen molar-refractivity contribution in [3.63, 3.8) is 0 Å². The van der Waals surface area contributed by atoms with Gasteiger partial charge in [-0.1, -0.05) is 0 Å². The van der Waals surface area contributed by atoms with Gasteiger partial charge < -0.3 is 10.1 Å². The Kier molecular flexibility index (Phi) is 3.06. The average molecular weight is 249 g/mol. The average Bonchev–Trinajstić information content (AvgIpc) is 3.21. The molecule has 0 amide bonds. The summed E-state index contributed by atoms with van der Waals surface area (Å²) >= 11 is 0. The van der Waals surface area contributed by atoms with Crippen LogP contribution in [-0.4, -0.2) is 22.9 Å². The summed E-state index contributed by atoms with van der Waals surface area (Å²) in [6.07, 6.45) is 5.66. The van der Waals surface area contributed by atoms with Crippen LogP contribution in [-0.2, 0) is 13.6 Å². The first-order chi connectivity index (χ1) is 8.70. The van der Waals surface area contributed by atoms with Crippen molar-refractivity contribution in [2.75, 3.05) is 7.11 Å². The molecule has 0 spiro atoms. The van der Waals surface area contributed by atoms with Gasteiger partial charge in [0.15, 0.2) is 0 Å². The van der Waals surface area contributed by atoms with Crippen molar-refractivity contribution in [3.05, 3.63) is 11.3 Å². The zero-order chi connectivity index (χ0) is 12.7. The fourth-order valence-electron chi connectivity index (χ4n) is 2.99. The number of aryl methyl sites for hydroxylation is 2. The van der Waals surface area contributed by atoms with Gasteiger partial charge in [-0.25, -0.2) is 4.68 Å². The van der Waals surface area contributed by atoms with Crippen LogP contribution in [0, 0.1) is 18.8 Å². The Morgan fingerprint density at radius 3 is 2.44 bits per heavy atom. The van der Waals surface area contributed by atoms with Crippen molar-refractivity contribution in [1.82, 2.24) is 15.1 Å². The molecule has 2 saturated carbocycles. The number of rotatable bonds is 6. The molecule has 1 aromatic heterocycles. The molecule has 0 saturated heterocycles. The number of hydrogen-bond acceptors (Lipinski definition) is 3. The summed E-state index contributed by atoms with van der Waals surface area (Å²) in [6.45, 7) is 2.95. The fraction of sp³-hybridized carbons (Fsp3) is 0.786. The summed E-state index contributed by atoms with van der Waals surface area (Å²) in [6, 6.07) is 0.731.